The van der Waals surface area contributed by atoms with E-state index in [1.54, 1.807) is 19.4 Å². The highest BCUT2D eigenvalue weighted by Crippen LogP contribution is 2.10. The third-order valence-corrected chi connectivity index (χ3v) is 6.16. The number of likely N-dealkylation sites (tertiary alicyclic amines) is 1. The van der Waals surface area contributed by atoms with Gasteiger partial charge in [-0.2, -0.15) is 0 Å². The number of hydrogen-bond acceptors (Lipinski definition) is 6. The van der Waals surface area contributed by atoms with E-state index >= 15 is 0 Å². The first-order valence-corrected chi connectivity index (χ1v) is 11.7. The Labute approximate surface area is 174 Å². The van der Waals surface area contributed by atoms with Gasteiger partial charge >= 0.3 is 0 Å². The molecule has 1 saturated heterocycles. The van der Waals surface area contributed by atoms with E-state index in [2.05, 4.69) is 30.2 Å². The first-order chi connectivity index (χ1) is 14.0. The summed E-state index contributed by atoms with van der Waals surface area (Å²) in [6, 6.07) is 3.49. The molecule has 9 nitrogen and oxygen atoms in total. The van der Waals surface area contributed by atoms with Crippen LogP contribution in [0, 0.1) is 0 Å². The van der Waals surface area contributed by atoms with Crippen LogP contribution in [-0.4, -0.2) is 83.3 Å². The van der Waals surface area contributed by atoms with Crippen molar-refractivity contribution >= 4 is 16.0 Å². The van der Waals surface area contributed by atoms with Gasteiger partial charge < -0.3 is 20.3 Å². The largest absolute Gasteiger partial charge is 0.385 e. The van der Waals surface area contributed by atoms with E-state index in [1.807, 2.05) is 6.92 Å². The number of sulfonamides is 1. The van der Waals surface area contributed by atoms with Crippen molar-refractivity contribution in [2.24, 2.45) is 4.99 Å². The van der Waals surface area contributed by atoms with Crippen LogP contribution in [0.3, 0.4) is 0 Å². The summed E-state index contributed by atoms with van der Waals surface area (Å²) in [4.78, 5) is 11.0. The number of guanidine groups is 1. The molecule has 0 aromatic carbocycles. The summed E-state index contributed by atoms with van der Waals surface area (Å²) in [5.74, 6) is 0.728. The fourth-order valence-electron chi connectivity index (χ4n) is 3.18. The van der Waals surface area contributed by atoms with Crippen LogP contribution >= 0.6 is 0 Å². The molecule has 0 amide bonds. The van der Waals surface area contributed by atoms with Crippen molar-refractivity contribution in [2.45, 2.75) is 37.1 Å². The Morgan fingerprint density at radius 1 is 1.38 bits per heavy atom. The van der Waals surface area contributed by atoms with Gasteiger partial charge in [0, 0.05) is 64.9 Å². The van der Waals surface area contributed by atoms with Crippen molar-refractivity contribution in [2.75, 3.05) is 53.0 Å². The van der Waals surface area contributed by atoms with Crippen LogP contribution in [0.25, 0.3) is 0 Å². The lowest BCUT2D eigenvalue weighted by atomic mass is 10.1. The van der Waals surface area contributed by atoms with Gasteiger partial charge in [-0.25, -0.2) is 13.1 Å². The van der Waals surface area contributed by atoms with E-state index in [-0.39, 0.29) is 11.4 Å². The zero-order valence-corrected chi connectivity index (χ0v) is 18.2. The molecule has 1 aliphatic rings. The maximum absolute atomic E-state index is 12.2. The quantitative estimate of drug-likeness (QED) is 0.267. The number of ether oxygens (including phenoxy) is 1. The predicted molar refractivity (Wildman–Crippen MR) is 114 cm³/mol. The molecule has 1 aromatic heterocycles. The molecule has 0 bridgehead atoms. The zero-order valence-electron chi connectivity index (χ0n) is 17.4. The van der Waals surface area contributed by atoms with Gasteiger partial charge in [0.25, 0.3) is 0 Å². The summed E-state index contributed by atoms with van der Waals surface area (Å²) < 4.78 is 32.1. The summed E-state index contributed by atoms with van der Waals surface area (Å²) in [6.07, 6.45) is 6.06. The maximum atomic E-state index is 12.2. The lowest BCUT2D eigenvalue weighted by Gasteiger charge is -2.33. The molecular formula is C19H34N6O3S. The summed E-state index contributed by atoms with van der Waals surface area (Å²) >= 11 is 0. The Morgan fingerprint density at radius 3 is 2.83 bits per heavy atom. The smallest absolute Gasteiger partial charge is 0.242 e. The van der Waals surface area contributed by atoms with Crippen molar-refractivity contribution in [1.29, 1.82) is 0 Å². The lowest BCUT2D eigenvalue weighted by molar-refractivity contribution is 0.155. The van der Waals surface area contributed by atoms with Crippen molar-refractivity contribution in [3.05, 3.63) is 24.5 Å². The van der Waals surface area contributed by atoms with Crippen LogP contribution < -0.4 is 15.4 Å². The van der Waals surface area contributed by atoms with Crippen LogP contribution in [0.15, 0.2) is 34.4 Å². The average molecular weight is 427 g/mol. The number of hydrogen-bond donors (Lipinski definition) is 3. The molecule has 0 radical (unpaired) electrons. The van der Waals surface area contributed by atoms with E-state index in [0.717, 1.165) is 58.0 Å². The van der Waals surface area contributed by atoms with E-state index in [4.69, 9.17) is 4.74 Å². The summed E-state index contributed by atoms with van der Waals surface area (Å²) in [6.45, 7) is 7.35. The molecule has 2 heterocycles. The molecule has 3 N–H and O–H groups in total. The van der Waals surface area contributed by atoms with E-state index in [1.165, 1.54) is 12.3 Å². The van der Waals surface area contributed by atoms with Crippen LogP contribution in [0.2, 0.25) is 0 Å². The van der Waals surface area contributed by atoms with E-state index < -0.39 is 10.0 Å². The van der Waals surface area contributed by atoms with Gasteiger partial charge in [-0.05, 0) is 38.3 Å². The van der Waals surface area contributed by atoms with Gasteiger partial charge in [0.05, 0.1) is 6.54 Å². The third-order valence-electron chi connectivity index (χ3n) is 4.71. The van der Waals surface area contributed by atoms with Crippen LogP contribution in [0.4, 0.5) is 0 Å². The molecule has 2 rings (SSSR count). The van der Waals surface area contributed by atoms with Gasteiger partial charge in [-0.15, -0.1) is 0 Å². The van der Waals surface area contributed by atoms with Gasteiger partial charge in [0.2, 0.25) is 10.0 Å². The number of nitrogens with zero attached hydrogens (tertiary/aromatic N) is 3. The minimum atomic E-state index is -3.55. The average Bonchev–Trinajstić information content (AvgIpc) is 2.73. The predicted octanol–water partition coefficient (Wildman–Crippen LogP) is 0.416. The van der Waals surface area contributed by atoms with Gasteiger partial charge in [-0.3, -0.25) is 9.98 Å². The summed E-state index contributed by atoms with van der Waals surface area (Å²) in [5.41, 5.74) is 0. The first-order valence-electron chi connectivity index (χ1n) is 10.2. The molecule has 1 fully saturated rings. The van der Waals surface area contributed by atoms with Crippen molar-refractivity contribution in [3.63, 3.8) is 0 Å². The van der Waals surface area contributed by atoms with E-state index in [0.29, 0.717) is 12.6 Å². The Balaban J connectivity index is 1.75. The second-order valence-electron chi connectivity index (χ2n) is 6.95. The number of pyridine rings is 1. The minimum absolute atomic E-state index is 0.159. The van der Waals surface area contributed by atoms with Gasteiger partial charge in [-0.1, -0.05) is 0 Å². The first kappa shape index (κ1) is 23.5. The number of aliphatic imine (C=N–C) groups is 1. The van der Waals surface area contributed by atoms with Crippen LogP contribution in [0.1, 0.15) is 26.2 Å². The molecule has 0 atom stereocenters. The zero-order chi connectivity index (χ0) is 21.0. The van der Waals surface area contributed by atoms with Crippen LogP contribution in [-0.2, 0) is 14.8 Å². The summed E-state index contributed by atoms with van der Waals surface area (Å²) in [7, 11) is -1.81. The number of methoxy groups -OCH3 is 1. The van der Waals surface area contributed by atoms with Gasteiger partial charge in [0.1, 0.15) is 4.90 Å². The number of aromatic nitrogens is 1. The molecule has 1 aromatic rings. The highest BCUT2D eigenvalue weighted by molar-refractivity contribution is 7.89. The second kappa shape index (κ2) is 12.7. The number of nitrogens with one attached hydrogen (secondary N) is 3. The Morgan fingerprint density at radius 2 is 2.17 bits per heavy atom. The normalized spacial score (nSPS) is 16.7. The number of rotatable bonds is 11. The fourth-order valence-corrected chi connectivity index (χ4v) is 4.17. The molecule has 10 heteroatoms. The third kappa shape index (κ3) is 8.65. The second-order valence-corrected chi connectivity index (χ2v) is 8.72. The molecule has 0 spiro atoms. The standard InChI is InChI=1S/C19H34N6O3S/c1-3-21-19(24-17-7-13-25(14-8-17)12-5-15-28-2)22-10-11-23-29(26,27)18-6-4-9-20-16-18/h4,6,9,16-17,23H,3,5,7-8,10-15H2,1-2H3,(H2,21,22,24). The fraction of sp³-hybridized carbons (Fsp3) is 0.684. The molecule has 164 valence electrons. The Kier molecular flexibility index (Phi) is 10.3. The molecular weight excluding hydrogens is 392 g/mol. The highest BCUT2D eigenvalue weighted by atomic mass is 32.2. The van der Waals surface area contributed by atoms with Crippen LogP contribution in [0.5, 0.6) is 0 Å². The summed E-state index contributed by atoms with van der Waals surface area (Å²) in [5, 5.41) is 6.71. The minimum Gasteiger partial charge on any atom is -0.385 e. The van der Waals surface area contributed by atoms with Gasteiger partial charge in [0.15, 0.2) is 5.96 Å². The van der Waals surface area contributed by atoms with Crippen molar-refractivity contribution in [3.8, 4) is 0 Å². The molecule has 1 aliphatic heterocycles. The molecule has 0 saturated carbocycles. The van der Waals surface area contributed by atoms with E-state index in [9.17, 15) is 8.42 Å². The Hall–Kier alpha value is -1.75. The van der Waals surface area contributed by atoms with Crippen molar-refractivity contribution in [1.82, 2.24) is 25.2 Å². The lowest BCUT2D eigenvalue weighted by Crippen LogP contribution is -2.49. The molecule has 0 aliphatic carbocycles. The molecule has 0 unspecified atom stereocenters. The Bertz CT molecular complexity index is 706. The number of piperidine rings is 1. The SMILES string of the molecule is CCNC(=NCCNS(=O)(=O)c1cccnc1)NC1CCN(CCCOC)CC1. The van der Waals surface area contributed by atoms with Crippen molar-refractivity contribution < 1.29 is 13.2 Å². The topological polar surface area (TPSA) is 108 Å². The molecule has 29 heavy (non-hydrogen) atoms. The monoisotopic (exact) mass is 426 g/mol. The maximum Gasteiger partial charge on any atom is 0.242 e. The highest BCUT2D eigenvalue weighted by Gasteiger charge is 2.19.